The fraction of sp³-hybridized carbons (Fsp3) is 0.0526. The number of carbonyl (C=O) groups is 2. The number of carboxylic acids is 1. The van der Waals surface area contributed by atoms with Gasteiger partial charge in [0.2, 0.25) is 0 Å². The summed E-state index contributed by atoms with van der Waals surface area (Å²) in [7, 11) is 0. The van der Waals surface area contributed by atoms with Gasteiger partial charge in [-0.05, 0) is 36.2 Å². The second kappa shape index (κ2) is 6.68. The number of hydrogen-bond acceptors (Lipinski definition) is 3. The highest BCUT2D eigenvalue weighted by atomic mass is 32.1. The number of amides is 1. The number of carboxylic acid groups (broad SMARTS) is 1. The van der Waals surface area contributed by atoms with Crippen LogP contribution in [0.5, 0.6) is 0 Å². The first-order valence-electron chi connectivity index (χ1n) is 7.36. The van der Waals surface area contributed by atoms with Crippen LogP contribution in [0.3, 0.4) is 0 Å². The molecule has 0 radical (unpaired) electrons. The quantitative estimate of drug-likeness (QED) is 0.727. The molecule has 0 unspecified atom stereocenters. The van der Waals surface area contributed by atoms with Crippen molar-refractivity contribution in [3.8, 4) is 10.4 Å². The van der Waals surface area contributed by atoms with E-state index < -0.39 is 5.97 Å². The van der Waals surface area contributed by atoms with Gasteiger partial charge in [0.1, 0.15) is 0 Å². The van der Waals surface area contributed by atoms with Crippen molar-refractivity contribution in [2.45, 2.75) is 6.92 Å². The van der Waals surface area contributed by atoms with Crippen molar-refractivity contribution < 1.29 is 14.7 Å². The van der Waals surface area contributed by atoms with Crippen LogP contribution in [0.2, 0.25) is 0 Å². The summed E-state index contributed by atoms with van der Waals surface area (Å²) in [6, 6.07) is 18.5. The number of nitrogens with one attached hydrogen (secondary N) is 1. The lowest BCUT2D eigenvalue weighted by molar-refractivity contribution is 0.0697. The van der Waals surface area contributed by atoms with Gasteiger partial charge in [-0.25, -0.2) is 4.79 Å². The van der Waals surface area contributed by atoms with Crippen molar-refractivity contribution in [3.63, 3.8) is 0 Å². The van der Waals surface area contributed by atoms with Gasteiger partial charge in [0.15, 0.2) is 0 Å². The number of rotatable bonds is 4. The summed E-state index contributed by atoms with van der Waals surface area (Å²) >= 11 is 1.37. The Morgan fingerprint density at radius 2 is 1.71 bits per heavy atom. The normalized spacial score (nSPS) is 10.4. The van der Waals surface area contributed by atoms with Gasteiger partial charge in [-0.3, -0.25) is 4.79 Å². The van der Waals surface area contributed by atoms with Crippen LogP contribution in [0.1, 0.15) is 25.6 Å². The van der Waals surface area contributed by atoms with E-state index in [2.05, 4.69) is 5.32 Å². The summed E-state index contributed by atoms with van der Waals surface area (Å²) in [5.41, 5.74) is 2.08. The second-order valence-electron chi connectivity index (χ2n) is 5.29. The smallest absolute Gasteiger partial charge is 0.338 e. The first-order chi connectivity index (χ1) is 11.6. The van der Waals surface area contributed by atoms with E-state index >= 15 is 0 Å². The molecule has 4 nitrogen and oxygen atoms in total. The van der Waals surface area contributed by atoms with Gasteiger partial charge in [0.05, 0.1) is 16.1 Å². The zero-order valence-corrected chi connectivity index (χ0v) is 13.8. The highest BCUT2D eigenvalue weighted by molar-refractivity contribution is 7.17. The van der Waals surface area contributed by atoms with Crippen LogP contribution < -0.4 is 5.32 Å². The molecule has 0 bridgehead atoms. The summed E-state index contributed by atoms with van der Waals surface area (Å²) in [5.74, 6) is -1.37. The molecule has 0 aliphatic carbocycles. The molecule has 0 atom stereocenters. The fourth-order valence-corrected chi connectivity index (χ4v) is 3.36. The SMILES string of the molecule is Cc1cccc(NC(=O)c2ccc(-c3ccccc3)s2)c1C(=O)O. The molecule has 3 rings (SSSR count). The number of benzene rings is 2. The minimum Gasteiger partial charge on any atom is -0.478 e. The van der Waals surface area contributed by atoms with E-state index in [-0.39, 0.29) is 11.5 Å². The van der Waals surface area contributed by atoms with Crippen LogP contribution >= 0.6 is 11.3 Å². The Morgan fingerprint density at radius 3 is 2.42 bits per heavy atom. The Balaban J connectivity index is 1.86. The highest BCUT2D eigenvalue weighted by Gasteiger charge is 2.17. The molecule has 120 valence electrons. The maximum atomic E-state index is 12.5. The van der Waals surface area contributed by atoms with E-state index in [0.717, 1.165) is 10.4 Å². The van der Waals surface area contributed by atoms with Gasteiger partial charge < -0.3 is 10.4 Å². The monoisotopic (exact) mass is 337 g/mol. The van der Waals surface area contributed by atoms with Gasteiger partial charge >= 0.3 is 5.97 Å². The minimum absolute atomic E-state index is 0.116. The third-order valence-corrected chi connectivity index (χ3v) is 4.76. The molecule has 24 heavy (non-hydrogen) atoms. The molecule has 5 heteroatoms. The van der Waals surface area contributed by atoms with E-state index in [4.69, 9.17) is 0 Å². The zero-order chi connectivity index (χ0) is 17.1. The molecular formula is C19H15NO3S. The van der Waals surface area contributed by atoms with Crippen molar-refractivity contribution in [3.05, 3.63) is 76.7 Å². The van der Waals surface area contributed by atoms with Crippen molar-refractivity contribution in [1.29, 1.82) is 0 Å². The Labute approximate surface area is 143 Å². The molecule has 1 amide bonds. The maximum Gasteiger partial charge on any atom is 0.338 e. The van der Waals surface area contributed by atoms with Crippen LogP contribution in [0, 0.1) is 6.92 Å². The number of aryl methyl sites for hydroxylation is 1. The highest BCUT2D eigenvalue weighted by Crippen LogP contribution is 2.29. The summed E-state index contributed by atoms with van der Waals surface area (Å²) in [6.45, 7) is 1.71. The number of carbonyl (C=O) groups excluding carboxylic acids is 1. The molecule has 0 aliphatic heterocycles. The molecule has 0 fully saturated rings. The average molecular weight is 337 g/mol. The third-order valence-electron chi connectivity index (χ3n) is 3.62. The van der Waals surface area contributed by atoms with Crippen LogP contribution in [-0.2, 0) is 0 Å². The number of aromatic carboxylic acids is 1. The van der Waals surface area contributed by atoms with Crippen molar-refractivity contribution in [2.75, 3.05) is 5.32 Å². The van der Waals surface area contributed by atoms with E-state index in [1.807, 2.05) is 36.4 Å². The summed E-state index contributed by atoms with van der Waals surface area (Å²) in [4.78, 5) is 25.4. The molecule has 2 N–H and O–H groups in total. The molecule has 0 saturated carbocycles. The van der Waals surface area contributed by atoms with Gasteiger partial charge in [-0.1, -0.05) is 42.5 Å². The van der Waals surface area contributed by atoms with E-state index in [1.165, 1.54) is 11.3 Å². The lowest BCUT2D eigenvalue weighted by atomic mass is 10.1. The molecule has 2 aromatic carbocycles. The number of thiophene rings is 1. The van der Waals surface area contributed by atoms with Crippen LogP contribution in [0.25, 0.3) is 10.4 Å². The Bertz CT molecular complexity index is 900. The standard InChI is InChI=1S/C19H15NO3S/c1-12-6-5-9-14(17(12)19(22)23)20-18(21)16-11-10-15(24-16)13-7-3-2-4-8-13/h2-11H,1H3,(H,20,21)(H,22,23). The van der Waals surface area contributed by atoms with Crippen molar-refractivity contribution in [2.24, 2.45) is 0 Å². The van der Waals surface area contributed by atoms with Crippen LogP contribution in [0.4, 0.5) is 5.69 Å². The Morgan fingerprint density at radius 1 is 0.958 bits per heavy atom. The molecule has 0 saturated heterocycles. The lowest BCUT2D eigenvalue weighted by Gasteiger charge is -2.09. The first-order valence-corrected chi connectivity index (χ1v) is 8.17. The van der Waals surface area contributed by atoms with Crippen molar-refractivity contribution in [1.82, 2.24) is 0 Å². The zero-order valence-electron chi connectivity index (χ0n) is 12.9. The Hall–Kier alpha value is -2.92. The molecule has 0 spiro atoms. The largest absolute Gasteiger partial charge is 0.478 e. The average Bonchev–Trinajstić information content (AvgIpc) is 3.05. The van der Waals surface area contributed by atoms with Gasteiger partial charge in [-0.2, -0.15) is 0 Å². The molecule has 3 aromatic rings. The number of anilines is 1. The lowest BCUT2D eigenvalue weighted by Crippen LogP contribution is -2.14. The summed E-state index contributed by atoms with van der Waals surface area (Å²) < 4.78 is 0. The van der Waals surface area contributed by atoms with Crippen LogP contribution in [-0.4, -0.2) is 17.0 Å². The van der Waals surface area contributed by atoms with Gasteiger partial charge in [0.25, 0.3) is 5.91 Å². The van der Waals surface area contributed by atoms with Crippen LogP contribution in [0.15, 0.2) is 60.7 Å². The van der Waals surface area contributed by atoms with Gasteiger partial charge in [0, 0.05) is 4.88 Å². The number of hydrogen-bond donors (Lipinski definition) is 2. The van der Waals surface area contributed by atoms with E-state index in [0.29, 0.717) is 16.1 Å². The maximum absolute atomic E-state index is 12.5. The second-order valence-corrected chi connectivity index (χ2v) is 6.37. The topological polar surface area (TPSA) is 66.4 Å². The van der Waals surface area contributed by atoms with Gasteiger partial charge in [-0.15, -0.1) is 11.3 Å². The summed E-state index contributed by atoms with van der Waals surface area (Å²) in [6.07, 6.45) is 0. The molecule has 1 aromatic heterocycles. The third kappa shape index (κ3) is 3.21. The fourth-order valence-electron chi connectivity index (χ4n) is 2.46. The van der Waals surface area contributed by atoms with E-state index in [9.17, 15) is 14.7 Å². The minimum atomic E-state index is -1.06. The predicted molar refractivity (Wildman–Crippen MR) is 95.8 cm³/mol. The predicted octanol–water partition coefficient (Wildman–Crippen LogP) is 4.67. The van der Waals surface area contributed by atoms with E-state index in [1.54, 1.807) is 31.2 Å². The molecular weight excluding hydrogens is 322 g/mol. The summed E-state index contributed by atoms with van der Waals surface area (Å²) in [5, 5.41) is 12.0. The molecule has 1 heterocycles. The molecule has 0 aliphatic rings. The first kappa shape index (κ1) is 16.0. The van der Waals surface area contributed by atoms with Crippen molar-refractivity contribution >= 4 is 28.9 Å². The Kier molecular flexibility index (Phi) is 4.44.